The molecular weight excluding hydrogens is 250 g/mol. The lowest BCUT2D eigenvalue weighted by molar-refractivity contribution is 0.149. The third-order valence-electron chi connectivity index (χ3n) is 3.43. The van der Waals surface area contributed by atoms with Gasteiger partial charge in [0.1, 0.15) is 11.9 Å². The molecule has 0 atom stereocenters. The van der Waals surface area contributed by atoms with Crippen molar-refractivity contribution in [1.29, 1.82) is 5.26 Å². The van der Waals surface area contributed by atoms with E-state index in [2.05, 4.69) is 22.9 Å². The van der Waals surface area contributed by atoms with Crippen molar-refractivity contribution in [2.45, 2.75) is 32.1 Å². The normalized spacial score (nSPS) is 13.3. The molecule has 2 rings (SSSR count). The highest BCUT2D eigenvalue weighted by Gasteiger charge is 2.14. The molecule has 20 heavy (non-hydrogen) atoms. The number of hydrogen-bond acceptors (Lipinski definition) is 4. The molecule has 106 valence electrons. The van der Waals surface area contributed by atoms with Gasteiger partial charge in [0.15, 0.2) is 0 Å². The first kappa shape index (κ1) is 14.5. The van der Waals surface area contributed by atoms with Crippen LogP contribution in [0.1, 0.15) is 36.1 Å². The summed E-state index contributed by atoms with van der Waals surface area (Å²) in [6, 6.07) is 4.22. The van der Waals surface area contributed by atoms with Crippen molar-refractivity contribution in [3.8, 4) is 6.07 Å². The Morgan fingerprint density at radius 3 is 3.05 bits per heavy atom. The van der Waals surface area contributed by atoms with Gasteiger partial charge in [0.2, 0.25) is 0 Å². The Morgan fingerprint density at radius 1 is 1.40 bits per heavy atom. The zero-order valence-electron chi connectivity index (χ0n) is 11.8. The van der Waals surface area contributed by atoms with Crippen LogP contribution in [0.15, 0.2) is 18.7 Å². The predicted molar refractivity (Wildman–Crippen MR) is 79.7 cm³/mol. The smallest absolute Gasteiger partial charge is 0.144 e. The standard InChI is InChI=1S/C16H21N3O/c1-2-3-9-20-10-8-18-16-14(12-17)11-13-6-4-5-7-15(13)19-16/h2,11H,1,3-10H2,(H,18,19). The Balaban J connectivity index is 1.93. The van der Waals surface area contributed by atoms with Crippen LogP contribution in [-0.2, 0) is 17.6 Å². The highest BCUT2D eigenvalue weighted by Crippen LogP contribution is 2.24. The number of rotatable bonds is 7. The van der Waals surface area contributed by atoms with E-state index >= 15 is 0 Å². The number of pyridine rings is 1. The highest BCUT2D eigenvalue weighted by molar-refractivity contribution is 5.54. The minimum Gasteiger partial charge on any atom is -0.379 e. The molecule has 1 aromatic heterocycles. The molecule has 0 spiro atoms. The van der Waals surface area contributed by atoms with Gasteiger partial charge in [0.25, 0.3) is 0 Å². The fraction of sp³-hybridized carbons (Fsp3) is 0.500. The maximum Gasteiger partial charge on any atom is 0.144 e. The van der Waals surface area contributed by atoms with Crippen molar-refractivity contribution in [1.82, 2.24) is 4.98 Å². The molecule has 1 aliphatic rings. The summed E-state index contributed by atoms with van der Waals surface area (Å²) in [6.45, 7) is 5.61. The topological polar surface area (TPSA) is 57.9 Å². The first-order chi connectivity index (χ1) is 9.85. The SMILES string of the molecule is C=CCCOCCNc1nc2c(cc1C#N)CCCC2. The molecule has 0 unspecified atom stereocenters. The molecule has 0 aromatic carbocycles. The Hall–Kier alpha value is -1.86. The van der Waals surface area contributed by atoms with E-state index in [4.69, 9.17) is 4.74 Å². The summed E-state index contributed by atoms with van der Waals surface area (Å²) in [4.78, 5) is 4.61. The van der Waals surface area contributed by atoms with Crippen LogP contribution in [0.5, 0.6) is 0 Å². The Kier molecular flexibility index (Phi) is 5.57. The summed E-state index contributed by atoms with van der Waals surface area (Å²) in [5, 5.41) is 12.4. The Morgan fingerprint density at radius 2 is 2.25 bits per heavy atom. The molecule has 1 heterocycles. The molecule has 4 heteroatoms. The van der Waals surface area contributed by atoms with Gasteiger partial charge in [-0.2, -0.15) is 5.26 Å². The van der Waals surface area contributed by atoms with E-state index in [-0.39, 0.29) is 0 Å². The average molecular weight is 271 g/mol. The van der Waals surface area contributed by atoms with Crippen molar-refractivity contribution < 1.29 is 4.74 Å². The average Bonchev–Trinajstić information content (AvgIpc) is 2.50. The first-order valence-electron chi connectivity index (χ1n) is 7.20. The number of aryl methyl sites for hydroxylation is 2. The molecule has 0 saturated carbocycles. The number of anilines is 1. The maximum atomic E-state index is 9.22. The number of nitriles is 1. The van der Waals surface area contributed by atoms with E-state index in [0.29, 0.717) is 31.1 Å². The number of nitrogens with one attached hydrogen (secondary N) is 1. The van der Waals surface area contributed by atoms with Gasteiger partial charge in [-0.1, -0.05) is 6.08 Å². The van der Waals surface area contributed by atoms with Crippen molar-refractivity contribution in [3.05, 3.63) is 35.5 Å². The zero-order valence-corrected chi connectivity index (χ0v) is 11.8. The summed E-state index contributed by atoms with van der Waals surface area (Å²) in [5.41, 5.74) is 3.02. The van der Waals surface area contributed by atoms with Crippen LogP contribution in [0.4, 0.5) is 5.82 Å². The van der Waals surface area contributed by atoms with Crippen LogP contribution in [-0.4, -0.2) is 24.7 Å². The van der Waals surface area contributed by atoms with Gasteiger partial charge < -0.3 is 10.1 Å². The van der Waals surface area contributed by atoms with E-state index in [1.54, 1.807) is 0 Å². The van der Waals surface area contributed by atoms with Crippen LogP contribution in [0, 0.1) is 11.3 Å². The third-order valence-corrected chi connectivity index (χ3v) is 3.43. The largest absolute Gasteiger partial charge is 0.379 e. The number of ether oxygens (including phenoxy) is 1. The maximum absolute atomic E-state index is 9.22. The van der Waals surface area contributed by atoms with Crippen LogP contribution in [0.3, 0.4) is 0 Å². The van der Waals surface area contributed by atoms with Gasteiger partial charge in [-0.3, -0.25) is 0 Å². The predicted octanol–water partition coefficient (Wildman–Crippen LogP) is 2.84. The van der Waals surface area contributed by atoms with E-state index in [1.165, 1.54) is 18.4 Å². The lowest BCUT2D eigenvalue weighted by Gasteiger charge is -2.17. The summed E-state index contributed by atoms with van der Waals surface area (Å²) in [6.07, 6.45) is 7.15. The quantitative estimate of drug-likeness (QED) is 0.612. The van der Waals surface area contributed by atoms with Crippen molar-refractivity contribution >= 4 is 5.82 Å². The second-order valence-corrected chi connectivity index (χ2v) is 4.93. The van der Waals surface area contributed by atoms with E-state index in [0.717, 1.165) is 25.0 Å². The summed E-state index contributed by atoms with van der Waals surface area (Å²) in [5.74, 6) is 0.695. The van der Waals surface area contributed by atoms with Crippen LogP contribution >= 0.6 is 0 Å². The second kappa shape index (κ2) is 7.66. The Labute approximate surface area is 120 Å². The van der Waals surface area contributed by atoms with Gasteiger partial charge in [-0.15, -0.1) is 6.58 Å². The van der Waals surface area contributed by atoms with Crippen LogP contribution in [0.25, 0.3) is 0 Å². The lowest BCUT2D eigenvalue weighted by Crippen LogP contribution is -2.14. The van der Waals surface area contributed by atoms with E-state index < -0.39 is 0 Å². The van der Waals surface area contributed by atoms with Gasteiger partial charge in [-0.25, -0.2) is 4.98 Å². The lowest BCUT2D eigenvalue weighted by atomic mass is 9.95. The number of fused-ring (bicyclic) bond motifs is 1. The molecule has 0 aliphatic heterocycles. The monoisotopic (exact) mass is 271 g/mol. The molecule has 0 saturated heterocycles. The minimum absolute atomic E-state index is 0.609. The molecule has 0 fully saturated rings. The molecule has 1 aromatic rings. The molecule has 4 nitrogen and oxygen atoms in total. The minimum atomic E-state index is 0.609. The fourth-order valence-corrected chi connectivity index (χ4v) is 2.36. The van der Waals surface area contributed by atoms with E-state index in [1.807, 2.05) is 12.1 Å². The molecule has 0 radical (unpaired) electrons. The van der Waals surface area contributed by atoms with Crippen molar-refractivity contribution in [3.63, 3.8) is 0 Å². The van der Waals surface area contributed by atoms with Gasteiger partial charge in [0, 0.05) is 12.2 Å². The summed E-state index contributed by atoms with van der Waals surface area (Å²) in [7, 11) is 0. The second-order valence-electron chi connectivity index (χ2n) is 4.93. The van der Waals surface area contributed by atoms with Crippen molar-refractivity contribution in [2.24, 2.45) is 0 Å². The van der Waals surface area contributed by atoms with Gasteiger partial charge in [-0.05, 0) is 43.7 Å². The van der Waals surface area contributed by atoms with Crippen LogP contribution in [0.2, 0.25) is 0 Å². The number of hydrogen-bond donors (Lipinski definition) is 1. The first-order valence-corrected chi connectivity index (χ1v) is 7.20. The van der Waals surface area contributed by atoms with Crippen LogP contribution < -0.4 is 5.32 Å². The molecule has 0 amide bonds. The van der Waals surface area contributed by atoms with E-state index in [9.17, 15) is 5.26 Å². The fourth-order valence-electron chi connectivity index (χ4n) is 2.36. The molecule has 0 bridgehead atoms. The molecule has 1 aliphatic carbocycles. The molecular formula is C16H21N3O. The van der Waals surface area contributed by atoms with Gasteiger partial charge in [0.05, 0.1) is 18.8 Å². The number of aromatic nitrogens is 1. The van der Waals surface area contributed by atoms with Gasteiger partial charge >= 0.3 is 0 Å². The number of nitrogens with zero attached hydrogens (tertiary/aromatic N) is 2. The highest BCUT2D eigenvalue weighted by atomic mass is 16.5. The summed E-state index contributed by atoms with van der Waals surface area (Å²) >= 11 is 0. The third kappa shape index (κ3) is 3.82. The summed E-state index contributed by atoms with van der Waals surface area (Å²) < 4.78 is 5.44. The molecule has 1 N–H and O–H groups in total. The van der Waals surface area contributed by atoms with Crippen molar-refractivity contribution in [2.75, 3.05) is 25.1 Å². The Bertz CT molecular complexity index is 505. The zero-order chi connectivity index (χ0) is 14.2.